The van der Waals surface area contributed by atoms with Crippen molar-refractivity contribution in [3.05, 3.63) is 38.1 Å². The number of nitrogens with zero attached hydrogens (tertiary/aromatic N) is 4. The van der Waals surface area contributed by atoms with Gasteiger partial charge in [0.05, 0.1) is 11.2 Å². The fraction of sp³-hybridized carbons (Fsp3) is 0.667. The molecule has 2 N–H and O–H groups in total. The van der Waals surface area contributed by atoms with Gasteiger partial charge in [-0.2, -0.15) is 13.3 Å². The van der Waals surface area contributed by atoms with Crippen molar-refractivity contribution >= 4 is 0 Å². The molecule has 1 radical (unpaired) electrons. The average Bonchev–Trinajstić information content (AvgIpc) is 2.83. The van der Waals surface area contributed by atoms with Gasteiger partial charge in [0.15, 0.2) is 0 Å². The Morgan fingerprint density at radius 3 is 0.720 bits per heavy atom. The quantitative estimate of drug-likeness (QED) is 0.609. The zero-order valence-corrected chi connectivity index (χ0v) is 18.5. The maximum absolute atomic E-state index is 8.52. The van der Waals surface area contributed by atoms with Crippen molar-refractivity contribution in [2.75, 3.05) is 28.2 Å². The fourth-order valence-corrected chi connectivity index (χ4v) is 1.15. The van der Waals surface area contributed by atoms with Crippen LogP contribution in [0, 0.1) is 13.3 Å². The van der Waals surface area contributed by atoms with Gasteiger partial charge in [0.25, 0.3) is 0 Å². The van der Waals surface area contributed by atoms with E-state index in [2.05, 4.69) is 0 Å². The minimum atomic E-state index is -0.500. The number of hydrogen-bond acceptors (Lipinski definition) is 6. The molecule has 0 saturated carbocycles. The smallest absolute Gasteiger partial charge is 0.511 e. The average molecular weight is 401 g/mol. The summed E-state index contributed by atoms with van der Waals surface area (Å²) in [6.07, 6.45) is 8.00. The standard InChI is InChI=1S/2C5H9N2.2C4H10O.Co/c2*1-6-3-4-7(2)5-6;2*1-4(2,3)5;/h2*3-5H,1-2H3;2*5H,1-3H3;/q2*-1;;;+2. The fourth-order valence-electron chi connectivity index (χ4n) is 1.15. The van der Waals surface area contributed by atoms with E-state index in [4.69, 9.17) is 10.2 Å². The molecule has 2 aliphatic heterocycles. The van der Waals surface area contributed by atoms with Crippen LogP contribution in [-0.4, -0.2) is 69.2 Å². The van der Waals surface area contributed by atoms with E-state index >= 15 is 0 Å². The van der Waals surface area contributed by atoms with Crippen LogP contribution in [0.4, 0.5) is 0 Å². The van der Waals surface area contributed by atoms with Crippen LogP contribution in [0.2, 0.25) is 0 Å². The molecular formula is C18H38CoN4O2. The molecule has 0 atom stereocenters. The third-order valence-electron chi connectivity index (χ3n) is 1.80. The van der Waals surface area contributed by atoms with Crippen LogP contribution < -0.4 is 0 Å². The molecule has 25 heavy (non-hydrogen) atoms. The monoisotopic (exact) mass is 401 g/mol. The van der Waals surface area contributed by atoms with Crippen LogP contribution in [0.1, 0.15) is 41.5 Å². The van der Waals surface area contributed by atoms with Gasteiger partial charge in [0.1, 0.15) is 0 Å². The second kappa shape index (κ2) is 13.3. The van der Waals surface area contributed by atoms with Crippen LogP contribution in [0.15, 0.2) is 24.8 Å². The van der Waals surface area contributed by atoms with E-state index in [1.54, 1.807) is 41.5 Å². The molecule has 7 heteroatoms. The molecule has 0 saturated heterocycles. The van der Waals surface area contributed by atoms with Gasteiger partial charge in [-0.05, 0) is 94.5 Å². The molecule has 0 unspecified atom stereocenters. The van der Waals surface area contributed by atoms with Gasteiger partial charge >= 0.3 is 16.8 Å². The van der Waals surface area contributed by atoms with Crippen molar-refractivity contribution in [3.8, 4) is 0 Å². The minimum Gasteiger partial charge on any atom is -0.511 e. The Bertz CT molecular complexity index is 308. The van der Waals surface area contributed by atoms with E-state index in [1.807, 2.05) is 85.9 Å². The van der Waals surface area contributed by atoms with Crippen molar-refractivity contribution in [2.24, 2.45) is 0 Å². The molecule has 0 fully saturated rings. The summed E-state index contributed by atoms with van der Waals surface area (Å²) in [5.74, 6) is 0. The van der Waals surface area contributed by atoms with Gasteiger partial charge in [0, 0.05) is 0 Å². The van der Waals surface area contributed by atoms with Crippen molar-refractivity contribution in [1.82, 2.24) is 19.6 Å². The van der Waals surface area contributed by atoms with Crippen molar-refractivity contribution in [2.45, 2.75) is 52.7 Å². The summed E-state index contributed by atoms with van der Waals surface area (Å²) in [4.78, 5) is 8.00. The molecule has 0 amide bonds. The Hall–Kier alpha value is -0.894. The molecule has 2 heterocycles. The predicted octanol–water partition coefficient (Wildman–Crippen LogP) is 2.46. The van der Waals surface area contributed by atoms with Gasteiger partial charge in [-0.1, -0.05) is 0 Å². The van der Waals surface area contributed by atoms with Crippen LogP contribution in [0.3, 0.4) is 0 Å². The third-order valence-corrected chi connectivity index (χ3v) is 1.80. The van der Waals surface area contributed by atoms with Gasteiger partial charge < -0.3 is 29.8 Å². The van der Waals surface area contributed by atoms with Crippen molar-refractivity contribution in [3.63, 3.8) is 0 Å². The summed E-state index contributed by atoms with van der Waals surface area (Å²) in [6.45, 7) is 14.5. The maximum Gasteiger partial charge on any atom is 2.00 e. The molecule has 2 aliphatic rings. The Morgan fingerprint density at radius 2 is 0.680 bits per heavy atom. The van der Waals surface area contributed by atoms with Gasteiger partial charge in [-0.15, -0.1) is 0 Å². The Kier molecular flexibility index (Phi) is 15.4. The number of rotatable bonds is 0. The van der Waals surface area contributed by atoms with E-state index in [-0.39, 0.29) is 16.8 Å². The molecule has 0 aliphatic carbocycles. The normalized spacial score (nSPS) is 15.5. The van der Waals surface area contributed by atoms with Crippen LogP contribution in [-0.2, 0) is 16.8 Å². The largest absolute Gasteiger partial charge is 2.00 e. The Labute approximate surface area is 166 Å². The Balaban J connectivity index is -0.000000259. The zero-order valence-electron chi connectivity index (χ0n) is 17.5. The zero-order chi connectivity index (χ0) is 19.6. The van der Waals surface area contributed by atoms with E-state index in [9.17, 15) is 0 Å². The summed E-state index contributed by atoms with van der Waals surface area (Å²) in [5.41, 5.74) is -1.00. The SMILES string of the molecule is CC(C)(C)O.CC(C)(C)O.CN1C=CN(C)[CH-]1.CN1C=CN(C)[CH-]1.[Co+2]. The van der Waals surface area contributed by atoms with E-state index in [1.165, 1.54) is 0 Å². The van der Waals surface area contributed by atoms with E-state index < -0.39 is 11.2 Å². The summed E-state index contributed by atoms with van der Waals surface area (Å²) in [5, 5.41) is 17.0. The first-order valence-corrected chi connectivity index (χ1v) is 7.97. The Morgan fingerprint density at radius 1 is 0.560 bits per heavy atom. The summed E-state index contributed by atoms with van der Waals surface area (Å²) in [6, 6.07) is 0. The molecule has 0 spiro atoms. The van der Waals surface area contributed by atoms with E-state index in [0.717, 1.165) is 0 Å². The van der Waals surface area contributed by atoms with Gasteiger partial charge in [-0.3, -0.25) is 0 Å². The molecule has 0 aromatic heterocycles. The van der Waals surface area contributed by atoms with Crippen molar-refractivity contribution in [1.29, 1.82) is 0 Å². The summed E-state index contributed by atoms with van der Waals surface area (Å²) in [7, 11) is 8.00. The molecular weight excluding hydrogens is 363 g/mol. The summed E-state index contributed by atoms with van der Waals surface area (Å²) >= 11 is 0. The van der Waals surface area contributed by atoms with Gasteiger partial charge in [0.2, 0.25) is 0 Å². The summed E-state index contributed by atoms with van der Waals surface area (Å²) < 4.78 is 0. The second-order valence-corrected chi connectivity index (χ2v) is 7.83. The first-order chi connectivity index (χ1) is 10.6. The third kappa shape index (κ3) is 35.2. The predicted molar refractivity (Wildman–Crippen MR) is 102 cm³/mol. The van der Waals surface area contributed by atoms with Crippen LogP contribution in [0.25, 0.3) is 0 Å². The van der Waals surface area contributed by atoms with Crippen LogP contribution in [0.5, 0.6) is 0 Å². The molecule has 0 bridgehead atoms. The number of hydrogen-bond donors (Lipinski definition) is 2. The maximum atomic E-state index is 8.52. The molecule has 6 nitrogen and oxygen atoms in total. The minimum absolute atomic E-state index is 0. The molecule has 2 rings (SSSR count). The topological polar surface area (TPSA) is 53.4 Å². The molecule has 0 aromatic carbocycles. The van der Waals surface area contributed by atoms with E-state index in [0.29, 0.717) is 0 Å². The molecule has 0 aromatic rings. The first-order valence-electron chi connectivity index (χ1n) is 7.97. The second-order valence-electron chi connectivity index (χ2n) is 7.83. The van der Waals surface area contributed by atoms with Crippen molar-refractivity contribution < 1.29 is 27.0 Å². The molecule has 151 valence electrons. The van der Waals surface area contributed by atoms with Crippen LogP contribution >= 0.6 is 0 Å². The first kappa shape index (κ1) is 28.9. The number of aliphatic hydroxyl groups is 2. The van der Waals surface area contributed by atoms with Gasteiger partial charge in [-0.25, -0.2) is 0 Å².